The molecule has 0 amide bonds. The molecule has 158 valence electrons. The second kappa shape index (κ2) is 9.20. The van der Waals surface area contributed by atoms with E-state index in [4.69, 9.17) is 14.3 Å². The lowest BCUT2D eigenvalue weighted by molar-refractivity contribution is 0.360. The third kappa shape index (κ3) is 5.84. The van der Waals surface area contributed by atoms with E-state index in [1.54, 1.807) is 6.20 Å². The Morgan fingerprint density at radius 2 is 1.50 bits per heavy atom. The lowest BCUT2D eigenvalue weighted by Gasteiger charge is -2.15. The third-order valence-corrected chi connectivity index (χ3v) is 8.31. The zero-order valence-corrected chi connectivity index (χ0v) is 17.7. The smallest absolute Gasteiger partial charge is 0.323 e. The molecule has 0 saturated carbocycles. The topological polar surface area (TPSA) is 125 Å². The van der Waals surface area contributed by atoms with E-state index < -0.39 is 22.7 Å². The van der Waals surface area contributed by atoms with E-state index in [9.17, 15) is 13.0 Å². The van der Waals surface area contributed by atoms with Crippen LogP contribution in [0.15, 0.2) is 72.9 Å². The Balaban J connectivity index is 1.63. The molecule has 30 heavy (non-hydrogen) atoms. The van der Waals surface area contributed by atoms with Gasteiger partial charge in [-0.15, -0.1) is 0 Å². The summed E-state index contributed by atoms with van der Waals surface area (Å²) in [5.74, 6) is 0. The van der Waals surface area contributed by atoms with Crippen LogP contribution in [0.4, 0.5) is 0 Å². The van der Waals surface area contributed by atoms with Gasteiger partial charge in [-0.2, -0.15) is 8.42 Å². The highest BCUT2D eigenvalue weighted by Gasteiger charge is 2.38. The second-order valence-corrected chi connectivity index (χ2v) is 10.7. The average Bonchev–Trinajstić information content (AvgIpc) is 2.71. The van der Waals surface area contributed by atoms with Crippen molar-refractivity contribution in [3.8, 4) is 22.4 Å². The molecule has 1 heterocycles. The van der Waals surface area contributed by atoms with Crippen LogP contribution in [0.1, 0.15) is 18.4 Å². The lowest BCUT2D eigenvalue weighted by Crippen LogP contribution is -2.20. The van der Waals surface area contributed by atoms with E-state index in [0.717, 1.165) is 27.9 Å². The summed E-state index contributed by atoms with van der Waals surface area (Å²) in [5, 5.41) is 0. The second-order valence-electron chi connectivity index (χ2n) is 6.95. The predicted molar refractivity (Wildman–Crippen MR) is 115 cm³/mol. The van der Waals surface area contributed by atoms with Crippen molar-refractivity contribution in [2.75, 3.05) is 0 Å². The summed E-state index contributed by atoms with van der Waals surface area (Å²) in [5.41, 5.74) is 4.74. The number of aryl methyl sites for hydroxylation is 1. The normalized spacial score (nSPS) is 13.2. The zero-order chi connectivity index (χ0) is 21.8. The largest absolute Gasteiger partial charge is 0.346 e. The average molecular weight is 447 g/mol. The lowest BCUT2D eigenvalue weighted by atomic mass is 10.0. The molecule has 3 N–H and O–H groups in total. The highest BCUT2D eigenvalue weighted by atomic mass is 32.2. The maximum Gasteiger partial charge on any atom is 0.346 e. The molecule has 1 atom stereocenters. The Kier molecular flexibility index (Phi) is 6.85. The maximum atomic E-state index is 11.3. The molecule has 1 unspecified atom stereocenters. The number of aromatic nitrogens is 1. The van der Waals surface area contributed by atoms with Crippen molar-refractivity contribution in [3.63, 3.8) is 0 Å². The van der Waals surface area contributed by atoms with Crippen LogP contribution in [0, 0.1) is 0 Å². The van der Waals surface area contributed by atoms with Crippen molar-refractivity contribution in [2.45, 2.75) is 24.3 Å². The number of hydrogen-bond acceptors (Lipinski definition) is 4. The minimum absolute atomic E-state index is 0.211. The first-order valence-corrected chi connectivity index (χ1v) is 12.5. The molecular weight excluding hydrogens is 425 g/mol. The molecule has 3 aromatic rings. The van der Waals surface area contributed by atoms with Crippen LogP contribution in [-0.2, 0) is 21.1 Å². The molecule has 0 aliphatic carbocycles. The monoisotopic (exact) mass is 447 g/mol. The molecule has 1 aromatic heterocycles. The molecule has 0 fully saturated rings. The number of hydrogen-bond donors (Lipinski definition) is 3. The number of pyridine rings is 1. The van der Waals surface area contributed by atoms with Crippen LogP contribution >= 0.6 is 7.60 Å². The minimum atomic E-state index is -4.94. The fourth-order valence-corrected chi connectivity index (χ4v) is 5.55. The van der Waals surface area contributed by atoms with Gasteiger partial charge in [-0.05, 0) is 36.5 Å². The first kappa shape index (κ1) is 22.3. The molecule has 0 saturated heterocycles. The summed E-state index contributed by atoms with van der Waals surface area (Å²) in [4.78, 5) is 20.7. The van der Waals surface area contributed by atoms with E-state index in [-0.39, 0.29) is 12.8 Å². The Morgan fingerprint density at radius 3 is 2.03 bits per heavy atom. The summed E-state index contributed by atoms with van der Waals surface area (Å²) < 4.78 is 42.7. The van der Waals surface area contributed by atoms with E-state index in [0.29, 0.717) is 6.42 Å². The Bertz CT molecular complexity index is 1130. The summed E-state index contributed by atoms with van der Waals surface area (Å²) in [6, 6.07) is 21.4. The quantitative estimate of drug-likeness (QED) is 0.350. The van der Waals surface area contributed by atoms with Crippen molar-refractivity contribution in [1.82, 2.24) is 4.98 Å². The van der Waals surface area contributed by atoms with Crippen molar-refractivity contribution >= 4 is 17.7 Å². The van der Waals surface area contributed by atoms with Crippen LogP contribution in [0.25, 0.3) is 22.4 Å². The Morgan fingerprint density at radius 1 is 0.867 bits per heavy atom. The zero-order valence-electron chi connectivity index (χ0n) is 16.0. The first-order valence-electron chi connectivity index (χ1n) is 9.27. The number of nitrogens with zero attached hydrogens (tertiary/aromatic N) is 1. The van der Waals surface area contributed by atoms with Gasteiger partial charge in [0.15, 0.2) is 4.99 Å². The highest BCUT2D eigenvalue weighted by Crippen LogP contribution is 2.46. The maximum absolute atomic E-state index is 11.3. The van der Waals surface area contributed by atoms with Crippen molar-refractivity contribution in [1.29, 1.82) is 0 Å². The minimum Gasteiger partial charge on any atom is -0.323 e. The van der Waals surface area contributed by atoms with Crippen molar-refractivity contribution < 1.29 is 27.3 Å². The summed E-state index contributed by atoms with van der Waals surface area (Å²) in [6.45, 7) is 0. The van der Waals surface area contributed by atoms with Gasteiger partial charge in [0, 0.05) is 17.3 Å². The van der Waals surface area contributed by atoms with Gasteiger partial charge in [0.05, 0.1) is 5.69 Å². The van der Waals surface area contributed by atoms with Gasteiger partial charge in [-0.25, -0.2) is 0 Å². The third-order valence-electron chi connectivity index (χ3n) is 4.76. The van der Waals surface area contributed by atoms with Crippen LogP contribution in [0.3, 0.4) is 0 Å². The van der Waals surface area contributed by atoms with Crippen LogP contribution in [0.5, 0.6) is 0 Å². The Hall–Kier alpha value is -2.35. The summed E-state index contributed by atoms with van der Waals surface area (Å²) in [7, 11) is -9.75. The molecule has 7 nitrogen and oxygen atoms in total. The number of rotatable bonds is 8. The van der Waals surface area contributed by atoms with Gasteiger partial charge in [-0.1, -0.05) is 60.7 Å². The standard InChI is InChI=1S/C21H22NO6PS/c23-29(24,25)21(30(26,27)28)8-4-5-16-9-11-17(12-10-16)19-13-14-20(22-15-19)18-6-2-1-3-7-18/h1-3,6-7,9-15,21H,4-5,8H2,(H2,23,24,25)(H,26,27,28). The van der Waals surface area contributed by atoms with Gasteiger partial charge in [0.1, 0.15) is 0 Å². The SMILES string of the molecule is O=P(O)(O)C(CCCc1ccc(-c2ccc(-c3ccccc3)nc2)cc1)S(=O)(=O)O. The predicted octanol–water partition coefficient (Wildman–Crippen LogP) is 4.13. The number of benzene rings is 2. The molecule has 0 aliphatic rings. The van der Waals surface area contributed by atoms with Gasteiger partial charge in [-0.3, -0.25) is 14.1 Å². The van der Waals surface area contributed by atoms with Crippen molar-refractivity contribution in [2.24, 2.45) is 0 Å². The van der Waals surface area contributed by atoms with E-state index in [1.165, 1.54) is 0 Å². The molecule has 3 rings (SSSR count). The van der Waals surface area contributed by atoms with Crippen molar-refractivity contribution in [3.05, 3.63) is 78.5 Å². The molecule has 0 spiro atoms. The van der Waals surface area contributed by atoms with Gasteiger partial charge in [0.2, 0.25) is 0 Å². The first-order chi connectivity index (χ1) is 14.1. The highest BCUT2D eigenvalue weighted by molar-refractivity contribution is 7.93. The fourth-order valence-electron chi connectivity index (χ4n) is 3.18. The van der Waals surface area contributed by atoms with Gasteiger partial charge >= 0.3 is 7.60 Å². The van der Waals surface area contributed by atoms with E-state index in [1.807, 2.05) is 66.7 Å². The van der Waals surface area contributed by atoms with Gasteiger partial charge < -0.3 is 9.79 Å². The van der Waals surface area contributed by atoms with Crippen LogP contribution < -0.4 is 0 Å². The molecule has 9 heteroatoms. The molecule has 0 aliphatic heterocycles. The summed E-state index contributed by atoms with van der Waals surface area (Å²) in [6.07, 6.45) is 2.11. The molecular formula is C21H22NO6PS. The molecule has 0 radical (unpaired) electrons. The Labute approximate surface area is 175 Å². The summed E-state index contributed by atoms with van der Waals surface area (Å²) >= 11 is 0. The van der Waals surface area contributed by atoms with Crippen LogP contribution in [-0.4, -0.2) is 32.7 Å². The van der Waals surface area contributed by atoms with E-state index >= 15 is 0 Å². The fraction of sp³-hybridized carbons (Fsp3) is 0.190. The molecule has 2 aromatic carbocycles. The van der Waals surface area contributed by atoms with Gasteiger partial charge in [0.25, 0.3) is 10.1 Å². The van der Waals surface area contributed by atoms with Crippen LogP contribution in [0.2, 0.25) is 0 Å². The molecule has 0 bridgehead atoms. The van der Waals surface area contributed by atoms with E-state index in [2.05, 4.69) is 4.98 Å².